The summed E-state index contributed by atoms with van der Waals surface area (Å²) in [6.07, 6.45) is 5.00. The summed E-state index contributed by atoms with van der Waals surface area (Å²) in [6.45, 7) is 2.79. The Balaban J connectivity index is 1.35. The van der Waals surface area contributed by atoms with Gasteiger partial charge in [0.1, 0.15) is 5.75 Å². The number of fused-ring (bicyclic) bond motifs is 1. The number of likely N-dealkylation sites (tertiary alicyclic amines) is 1. The molecule has 1 aliphatic heterocycles. The summed E-state index contributed by atoms with van der Waals surface area (Å²) in [5, 5.41) is 11.9. The summed E-state index contributed by atoms with van der Waals surface area (Å²) in [7, 11) is 1.67. The second-order valence-corrected chi connectivity index (χ2v) is 7.61. The summed E-state index contributed by atoms with van der Waals surface area (Å²) >= 11 is 0. The Hall–Kier alpha value is -2.30. The molecular weight excluding hydrogens is 336 g/mol. The first-order valence-electron chi connectivity index (χ1n) is 9.82. The number of hydrogen-bond donors (Lipinski definition) is 2. The van der Waals surface area contributed by atoms with E-state index >= 15 is 0 Å². The topological polar surface area (TPSA) is 48.5 Å². The number of aromatic nitrogens is 1. The Morgan fingerprint density at radius 2 is 1.93 bits per heavy atom. The third kappa shape index (κ3) is 4.18. The van der Waals surface area contributed by atoms with E-state index in [0.29, 0.717) is 6.54 Å². The Bertz CT molecular complexity index is 866. The predicted molar refractivity (Wildman–Crippen MR) is 109 cm³/mol. The third-order valence-electron chi connectivity index (χ3n) is 5.79. The van der Waals surface area contributed by atoms with Crippen molar-refractivity contribution in [1.29, 1.82) is 0 Å². The number of piperidine rings is 1. The molecule has 2 N–H and O–H groups in total. The fourth-order valence-corrected chi connectivity index (χ4v) is 4.19. The van der Waals surface area contributed by atoms with E-state index in [1.54, 1.807) is 7.11 Å². The lowest BCUT2D eigenvalue weighted by Crippen LogP contribution is -2.37. The van der Waals surface area contributed by atoms with Gasteiger partial charge in [0.05, 0.1) is 13.2 Å². The van der Waals surface area contributed by atoms with Crippen LogP contribution in [-0.4, -0.2) is 41.7 Å². The zero-order valence-electron chi connectivity index (χ0n) is 15.9. The van der Waals surface area contributed by atoms with Gasteiger partial charge in [-0.3, -0.25) is 0 Å². The number of ether oxygens (including phenoxy) is 1. The zero-order valence-corrected chi connectivity index (χ0v) is 15.9. The van der Waals surface area contributed by atoms with Crippen LogP contribution in [0.3, 0.4) is 0 Å². The highest BCUT2D eigenvalue weighted by Crippen LogP contribution is 2.29. The van der Waals surface area contributed by atoms with Gasteiger partial charge in [0.2, 0.25) is 0 Å². The van der Waals surface area contributed by atoms with Gasteiger partial charge in [-0.1, -0.05) is 30.3 Å². The highest BCUT2D eigenvalue weighted by atomic mass is 16.5. The molecule has 142 valence electrons. The molecule has 0 aliphatic carbocycles. The van der Waals surface area contributed by atoms with Gasteiger partial charge >= 0.3 is 0 Å². The van der Waals surface area contributed by atoms with Crippen LogP contribution in [-0.2, 0) is 6.42 Å². The summed E-state index contributed by atoms with van der Waals surface area (Å²) < 4.78 is 5.33. The third-order valence-corrected chi connectivity index (χ3v) is 5.79. The van der Waals surface area contributed by atoms with E-state index in [2.05, 4.69) is 40.2 Å². The molecule has 1 saturated heterocycles. The van der Waals surface area contributed by atoms with Crippen molar-refractivity contribution >= 4 is 10.9 Å². The molecule has 4 nitrogen and oxygen atoms in total. The van der Waals surface area contributed by atoms with Crippen LogP contribution >= 0.6 is 0 Å². The summed E-state index contributed by atoms with van der Waals surface area (Å²) in [5.74, 6) is 1.57. The lowest BCUT2D eigenvalue weighted by molar-refractivity contribution is 0.0901. The number of β-amino-alcohol motifs (C(OH)–C–C–N with tert-alkyl or cyclic N) is 1. The predicted octanol–water partition coefficient (Wildman–Crippen LogP) is 4.16. The molecule has 1 aliphatic rings. The number of rotatable bonds is 6. The van der Waals surface area contributed by atoms with Crippen LogP contribution in [0.5, 0.6) is 5.75 Å². The minimum atomic E-state index is -0.489. The number of methoxy groups -OCH3 is 1. The molecule has 2 aromatic carbocycles. The molecule has 4 heteroatoms. The van der Waals surface area contributed by atoms with E-state index in [1.165, 1.54) is 24.8 Å². The maximum atomic E-state index is 10.8. The normalized spacial score (nSPS) is 17.3. The molecule has 0 radical (unpaired) electrons. The molecule has 0 bridgehead atoms. The van der Waals surface area contributed by atoms with Crippen molar-refractivity contribution in [3.63, 3.8) is 0 Å². The first kappa shape index (κ1) is 18.1. The Morgan fingerprint density at radius 1 is 1.15 bits per heavy atom. The maximum Gasteiger partial charge on any atom is 0.119 e. The van der Waals surface area contributed by atoms with Gasteiger partial charge in [0, 0.05) is 29.2 Å². The van der Waals surface area contributed by atoms with E-state index in [1.807, 2.05) is 24.4 Å². The molecule has 0 spiro atoms. The molecule has 2 heterocycles. The van der Waals surface area contributed by atoms with Crippen LogP contribution in [0, 0.1) is 5.92 Å². The Labute approximate surface area is 160 Å². The van der Waals surface area contributed by atoms with Gasteiger partial charge in [-0.15, -0.1) is 0 Å². The number of aliphatic hydroxyl groups is 1. The summed E-state index contributed by atoms with van der Waals surface area (Å²) in [5.41, 5.74) is 3.42. The van der Waals surface area contributed by atoms with Gasteiger partial charge in [-0.2, -0.15) is 0 Å². The van der Waals surface area contributed by atoms with Gasteiger partial charge in [0.15, 0.2) is 0 Å². The molecule has 0 saturated carbocycles. The van der Waals surface area contributed by atoms with Crippen molar-refractivity contribution in [2.45, 2.75) is 25.4 Å². The number of benzene rings is 2. The fraction of sp³-hybridized carbons (Fsp3) is 0.391. The molecule has 0 unspecified atom stereocenters. The van der Waals surface area contributed by atoms with Gasteiger partial charge < -0.3 is 19.7 Å². The number of aliphatic hydroxyl groups excluding tert-OH is 1. The zero-order chi connectivity index (χ0) is 18.6. The van der Waals surface area contributed by atoms with Crippen LogP contribution in [0.4, 0.5) is 0 Å². The lowest BCUT2D eigenvalue weighted by Gasteiger charge is -2.33. The number of H-pyrrole nitrogens is 1. The average molecular weight is 364 g/mol. The molecule has 0 amide bonds. The maximum absolute atomic E-state index is 10.8. The first-order valence-corrected chi connectivity index (χ1v) is 9.82. The minimum absolute atomic E-state index is 0.489. The van der Waals surface area contributed by atoms with Gasteiger partial charge in [-0.25, -0.2) is 0 Å². The minimum Gasteiger partial charge on any atom is -0.497 e. The Morgan fingerprint density at radius 3 is 2.67 bits per heavy atom. The second kappa shape index (κ2) is 8.15. The van der Waals surface area contributed by atoms with Crippen molar-refractivity contribution in [3.05, 3.63) is 65.9 Å². The van der Waals surface area contributed by atoms with Crippen molar-refractivity contribution in [3.8, 4) is 5.75 Å². The van der Waals surface area contributed by atoms with Crippen molar-refractivity contribution in [2.24, 2.45) is 5.92 Å². The first-order chi connectivity index (χ1) is 13.2. The smallest absolute Gasteiger partial charge is 0.119 e. The molecule has 1 atom stereocenters. The van der Waals surface area contributed by atoms with Crippen LogP contribution < -0.4 is 4.74 Å². The summed E-state index contributed by atoms with van der Waals surface area (Å²) in [4.78, 5) is 5.65. The van der Waals surface area contributed by atoms with E-state index in [4.69, 9.17) is 4.74 Å². The van der Waals surface area contributed by atoms with Gasteiger partial charge in [-0.05, 0) is 62.0 Å². The summed E-state index contributed by atoms with van der Waals surface area (Å²) in [6, 6.07) is 16.7. The molecule has 4 rings (SSSR count). The monoisotopic (exact) mass is 364 g/mol. The average Bonchev–Trinajstić information content (AvgIpc) is 3.13. The van der Waals surface area contributed by atoms with E-state index in [0.717, 1.165) is 41.2 Å². The molecule has 27 heavy (non-hydrogen) atoms. The molecule has 3 aromatic rings. The van der Waals surface area contributed by atoms with Crippen LogP contribution in [0.25, 0.3) is 10.9 Å². The highest BCUT2D eigenvalue weighted by Gasteiger charge is 2.23. The van der Waals surface area contributed by atoms with Crippen LogP contribution in [0.1, 0.15) is 30.1 Å². The fourth-order valence-electron chi connectivity index (χ4n) is 4.19. The molecule has 1 fully saturated rings. The lowest BCUT2D eigenvalue weighted by atomic mass is 9.90. The quantitative estimate of drug-likeness (QED) is 0.690. The SMILES string of the molecule is COc1ccc2[nH]cc([C@H](O)CN3CCC(Cc4ccccc4)CC3)c2c1. The van der Waals surface area contributed by atoms with Crippen LogP contribution in [0.15, 0.2) is 54.7 Å². The number of nitrogens with one attached hydrogen (secondary N) is 1. The van der Waals surface area contributed by atoms with E-state index in [-0.39, 0.29) is 0 Å². The van der Waals surface area contributed by atoms with Crippen LogP contribution in [0.2, 0.25) is 0 Å². The molecular formula is C23H28N2O2. The number of hydrogen-bond acceptors (Lipinski definition) is 3. The largest absolute Gasteiger partial charge is 0.497 e. The van der Waals surface area contributed by atoms with Crippen molar-refractivity contribution in [1.82, 2.24) is 9.88 Å². The Kier molecular flexibility index (Phi) is 5.46. The van der Waals surface area contributed by atoms with E-state index in [9.17, 15) is 5.11 Å². The number of aromatic amines is 1. The van der Waals surface area contributed by atoms with Gasteiger partial charge in [0.25, 0.3) is 0 Å². The standard InChI is InChI=1S/C23H28N2O2/c1-27-19-7-8-22-20(14-19)21(15-24-22)23(26)16-25-11-9-18(10-12-25)13-17-5-3-2-4-6-17/h2-8,14-15,18,23-24,26H,9-13,16H2,1H3/t23-/m1/s1. The number of nitrogens with zero attached hydrogens (tertiary/aromatic N) is 1. The van der Waals surface area contributed by atoms with Crippen molar-refractivity contribution < 1.29 is 9.84 Å². The highest BCUT2D eigenvalue weighted by molar-refractivity contribution is 5.85. The second-order valence-electron chi connectivity index (χ2n) is 7.61. The van der Waals surface area contributed by atoms with E-state index < -0.39 is 6.10 Å². The molecule has 1 aromatic heterocycles. The van der Waals surface area contributed by atoms with Crippen molar-refractivity contribution in [2.75, 3.05) is 26.7 Å².